The van der Waals surface area contributed by atoms with Crippen LogP contribution < -0.4 is 0 Å². The standard InChI is InChI=1S/C13H18N2.C11H19N3.C11H20N2O2.C10H17N3.C10H20N2.C10H22N2.C10H21N.2C9H19N.C8H14N2.C2H6/c1-13(2,3)15-10-6-7-11(15)12-9(10)5-4-8-14-12;1-8-9-6-14(11(2,3)4)7-10(9)13(5)12-8;1-11(2,3)13-7-9-5-8(13)6-12(4)10(14)15-9;1-10(2,3)13-6-8-5-12(4)11-9(8)7-13;1-10(2,3)12-7-8-5-9(12)6-11(8)4;1-9-8-12(10(2,3)4)7-6-11(9)5;1-9(2,3)11-7-6-10(4,5)8-11;1-9(2,3)5-8-6-10(4)7-8;1-8(2,3)10-6-9(4,5)7-10;1-8(2,3)7-5-6-10(4)9-7;1-2/h4-5,8,10-11H,6-7H2,1-3H3;6-7H2,1-5H3;8-9H,5-7H2,1-4H3;5H,6-7H2,1-4H3;8-9H,5-7H2,1-4H3;9H,6-8H2,1-5H3;6-8H2,1-5H3;8H,5-7H2,1-4H3;6-7H2,1-5H3;5-6H,1-4H3;1-2H3. The van der Waals surface area contributed by atoms with Crippen LogP contribution in [-0.2, 0) is 57.5 Å². The fourth-order valence-corrected chi connectivity index (χ4v) is 19.8. The zero-order valence-corrected chi connectivity index (χ0v) is 89.2. The summed E-state index contributed by atoms with van der Waals surface area (Å²) in [6.07, 6.45) is 13.7. The van der Waals surface area contributed by atoms with E-state index in [1.54, 1.807) is 4.90 Å². The van der Waals surface area contributed by atoms with Crippen molar-refractivity contribution in [1.29, 1.82) is 0 Å². The Kier molecular flexibility index (Phi) is 36.7. The van der Waals surface area contributed by atoms with E-state index in [2.05, 4.69) is 369 Å². The molecule has 7 unspecified atom stereocenters. The molecule has 0 radical (unpaired) electrons. The fraction of sp³-hybridized carbons (Fsp3) is 0.854. The average Bonchev–Trinajstić information content (AvgIpc) is 1.57. The summed E-state index contributed by atoms with van der Waals surface area (Å²) >= 11 is 0. The van der Waals surface area contributed by atoms with Crippen molar-refractivity contribution in [2.75, 3.05) is 113 Å². The van der Waals surface area contributed by atoms with E-state index in [0.29, 0.717) is 62.6 Å². The summed E-state index contributed by atoms with van der Waals surface area (Å²) in [6, 6.07) is 10.4. The van der Waals surface area contributed by atoms with Crippen molar-refractivity contribution in [3.05, 3.63) is 81.9 Å². The molecule has 714 valence electrons. The number of aromatic nitrogens is 7. The molecule has 1 amide bonds. The lowest BCUT2D eigenvalue weighted by molar-refractivity contribution is -0.0366. The Morgan fingerprint density at radius 1 is 0.492 bits per heavy atom. The minimum Gasteiger partial charge on any atom is -0.445 e. The van der Waals surface area contributed by atoms with Gasteiger partial charge in [-0.2, -0.15) is 15.3 Å². The van der Waals surface area contributed by atoms with Crippen LogP contribution in [0.5, 0.6) is 0 Å². The SMILES string of the molecule is CC.CC(C)(C)N1C2CCC1c1ncccc12.CC1(C)CCN(C(C)(C)C)C1.CC1(C)CN(C(C)(C)C)C1.CC1CN(C(C)(C)C)CCN1C.CN1CC(CC(C)(C)C)C1.CN1CC2CC(CN2C(C)(C)C)OC1=O.CN1CC2CC1CN2C(C)(C)C.Cc1nn(C)c2c1CN(C(C)(C)C)C2.Cn1cc2c(n1)CN(C(C)(C)C)C2.Cn1ccc(C(C)(C)C)n1. The predicted molar refractivity (Wildman–Crippen MR) is 525 cm³/mol. The van der Waals surface area contributed by atoms with E-state index < -0.39 is 0 Å². The van der Waals surface area contributed by atoms with Gasteiger partial charge in [0.1, 0.15) is 6.10 Å². The van der Waals surface area contributed by atoms with Gasteiger partial charge in [-0.25, -0.2) is 4.79 Å². The van der Waals surface area contributed by atoms with Gasteiger partial charge >= 0.3 is 6.09 Å². The first-order chi connectivity index (χ1) is 56.3. The highest BCUT2D eigenvalue weighted by Crippen LogP contribution is 2.55. The third kappa shape index (κ3) is 31.4. The maximum absolute atomic E-state index is 11.4. The first kappa shape index (κ1) is 108. The van der Waals surface area contributed by atoms with Crippen LogP contribution in [0.1, 0.15) is 352 Å². The number of rotatable bonds is 1. The molecular formula is C103H195N19O2. The van der Waals surface area contributed by atoms with Crippen LogP contribution in [0.15, 0.2) is 36.8 Å². The minimum atomic E-state index is -0.170. The van der Waals surface area contributed by atoms with Crippen molar-refractivity contribution >= 4 is 6.09 Å². The summed E-state index contributed by atoms with van der Waals surface area (Å²) in [5, 5.41) is 13.2. The van der Waals surface area contributed by atoms with E-state index in [-0.39, 0.29) is 39.8 Å². The number of piperazine rings is 2. The summed E-state index contributed by atoms with van der Waals surface area (Å²) in [4.78, 5) is 45.4. The Morgan fingerprint density at radius 3 is 1.43 bits per heavy atom. The molecule has 4 aromatic heterocycles. The Hall–Kier alpha value is -4.39. The Morgan fingerprint density at radius 2 is 1.02 bits per heavy atom. The summed E-state index contributed by atoms with van der Waals surface area (Å²) in [7, 11) is 14.4. The number of pyridine rings is 1. The highest BCUT2D eigenvalue weighted by atomic mass is 16.6. The lowest BCUT2D eigenvalue weighted by Crippen LogP contribution is -2.60. The van der Waals surface area contributed by atoms with E-state index >= 15 is 0 Å². The van der Waals surface area contributed by atoms with Gasteiger partial charge < -0.3 is 24.3 Å². The molecule has 6 bridgehead atoms. The van der Waals surface area contributed by atoms with Gasteiger partial charge in [0.15, 0.2) is 0 Å². The van der Waals surface area contributed by atoms with Crippen molar-refractivity contribution in [1.82, 2.24) is 93.1 Å². The third-order valence-corrected chi connectivity index (χ3v) is 27.4. The summed E-state index contributed by atoms with van der Waals surface area (Å²) < 4.78 is 11.2. The molecule has 9 saturated heterocycles. The second-order valence-electron chi connectivity index (χ2n) is 50.7. The molecule has 12 aliphatic rings. The fourth-order valence-electron chi connectivity index (χ4n) is 19.8. The number of aryl methyl sites for hydroxylation is 4. The maximum atomic E-state index is 11.4. The lowest BCUT2D eigenvalue weighted by Gasteiger charge is -2.52. The van der Waals surface area contributed by atoms with Crippen molar-refractivity contribution < 1.29 is 9.53 Å². The number of hydrogen-bond acceptors (Lipinski definition) is 17. The highest BCUT2D eigenvalue weighted by Gasteiger charge is 2.50. The van der Waals surface area contributed by atoms with Gasteiger partial charge in [0.25, 0.3) is 0 Å². The van der Waals surface area contributed by atoms with E-state index in [1.165, 1.54) is 144 Å². The van der Waals surface area contributed by atoms with E-state index in [9.17, 15) is 4.79 Å². The molecule has 16 rings (SSSR count). The smallest absolute Gasteiger partial charge is 0.409 e. The number of hydrogen-bond donors (Lipinski definition) is 0. The Labute approximate surface area is 763 Å². The van der Waals surface area contributed by atoms with Crippen molar-refractivity contribution in [3.8, 4) is 0 Å². The van der Waals surface area contributed by atoms with E-state index in [4.69, 9.17) is 4.74 Å². The molecule has 7 atom stereocenters. The molecule has 21 nitrogen and oxygen atoms in total. The van der Waals surface area contributed by atoms with Crippen LogP contribution in [0.25, 0.3) is 0 Å². The van der Waals surface area contributed by atoms with Gasteiger partial charge in [0.2, 0.25) is 0 Å². The van der Waals surface area contributed by atoms with Crippen LogP contribution >= 0.6 is 0 Å². The molecule has 0 aromatic carbocycles. The Balaban J connectivity index is 0.000000213. The molecule has 16 heterocycles. The summed E-state index contributed by atoms with van der Waals surface area (Å²) in [5.74, 6) is 0.977. The van der Waals surface area contributed by atoms with Crippen LogP contribution in [0.3, 0.4) is 0 Å². The van der Waals surface area contributed by atoms with Crippen molar-refractivity contribution in [3.63, 3.8) is 0 Å². The van der Waals surface area contributed by atoms with Crippen LogP contribution in [0.2, 0.25) is 0 Å². The minimum absolute atomic E-state index is 0.0895. The predicted octanol–water partition coefficient (Wildman–Crippen LogP) is 19.7. The second kappa shape index (κ2) is 42.0. The normalized spacial score (nSPS) is 25.2. The third-order valence-electron chi connectivity index (χ3n) is 27.4. The number of ether oxygens (including phenoxy) is 1. The Bertz CT molecular complexity index is 3810. The molecule has 0 aliphatic carbocycles. The number of carbonyl (C=O) groups is 1. The molecule has 12 aliphatic heterocycles. The van der Waals surface area contributed by atoms with E-state index in [0.717, 1.165) is 69.4 Å². The molecule has 21 heteroatoms. The van der Waals surface area contributed by atoms with Crippen LogP contribution in [-0.4, -0.2) is 287 Å². The summed E-state index contributed by atoms with van der Waals surface area (Å²) in [5.41, 5.74) is 14.8. The molecule has 0 N–H and O–H groups in total. The quantitative estimate of drug-likeness (QED) is 0.179. The van der Waals surface area contributed by atoms with Gasteiger partial charge in [-0.1, -0.05) is 89.2 Å². The first-order valence-electron chi connectivity index (χ1n) is 48.4. The van der Waals surface area contributed by atoms with Crippen molar-refractivity contribution in [2.45, 2.75) is 420 Å². The number of likely N-dealkylation sites (N-methyl/N-ethyl adjacent to an activating group) is 3. The first-order valence-corrected chi connectivity index (χ1v) is 48.4. The molecule has 4 aromatic rings. The number of nitrogens with zero attached hydrogens (tertiary/aromatic N) is 19. The highest BCUT2D eigenvalue weighted by molar-refractivity contribution is 5.68. The van der Waals surface area contributed by atoms with Gasteiger partial charge in [-0.3, -0.25) is 58.2 Å². The number of amides is 1. The summed E-state index contributed by atoms with van der Waals surface area (Å²) in [6.45, 7) is 106. The zero-order chi connectivity index (χ0) is 94.5. The van der Waals surface area contributed by atoms with Gasteiger partial charge in [-0.05, 0) is 280 Å². The van der Waals surface area contributed by atoms with Gasteiger partial charge in [0, 0.05) is 249 Å². The average molecular weight is 1730 g/mol. The van der Waals surface area contributed by atoms with Gasteiger partial charge in [0.05, 0.1) is 34.5 Å². The monoisotopic (exact) mass is 1730 g/mol. The molecular weight excluding hydrogens is 1540 g/mol. The number of carbonyl (C=O) groups excluding carboxylic acids is 1. The van der Waals surface area contributed by atoms with Crippen LogP contribution in [0, 0.1) is 29.1 Å². The maximum Gasteiger partial charge on any atom is 0.409 e. The van der Waals surface area contributed by atoms with Crippen molar-refractivity contribution in [2.24, 2.45) is 43.3 Å². The number of likely N-dealkylation sites (tertiary alicyclic amines) is 6. The largest absolute Gasteiger partial charge is 0.445 e. The topological polar surface area (TPSA) is 132 Å². The van der Waals surface area contributed by atoms with E-state index in [1.807, 2.05) is 68.5 Å². The molecule has 9 fully saturated rings. The lowest BCUT2D eigenvalue weighted by atomic mass is 9.81. The zero-order valence-electron chi connectivity index (χ0n) is 89.2. The second-order valence-corrected chi connectivity index (χ2v) is 50.7. The van der Waals surface area contributed by atoms with Crippen LogP contribution in [0.4, 0.5) is 4.79 Å². The van der Waals surface area contributed by atoms with Gasteiger partial charge in [-0.15, -0.1) is 0 Å². The number of fused-ring (bicyclic) bond motifs is 11. The molecule has 0 saturated carbocycles. The molecule has 0 spiro atoms. The molecule has 124 heavy (non-hydrogen) atoms.